The van der Waals surface area contributed by atoms with Crippen molar-refractivity contribution in [1.82, 2.24) is 10.2 Å². The van der Waals surface area contributed by atoms with Crippen LogP contribution in [-0.2, 0) is 4.79 Å². The predicted molar refractivity (Wildman–Crippen MR) is 52.7 cm³/mol. The van der Waals surface area contributed by atoms with Crippen molar-refractivity contribution >= 4 is 22.7 Å². The van der Waals surface area contributed by atoms with Crippen LogP contribution in [0, 0.1) is 0 Å². The Morgan fingerprint density at radius 2 is 2.20 bits per heavy atom. The van der Waals surface area contributed by atoms with Crippen LogP contribution in [0.4, 0.5) is 0 Å². The van der Waals surface area contributed by atoms with E-state index < -0.39 is 18.2 Å². The number of carbonyl (C=O) groups excluding carboxylic acids is 1. The second kappa shape index (κ2) is 3.53. The summed E-state index contributed by atoms with van der Waals surface area (Å²) in [7, 11) is 0. The quantitative estimate of drug-likeness (QED) is 0.581. The lowest BCUT2D eigenvalue weighted by Gasteiger charge is -1.97. The number of rotatable bonds is 3. The fourth-order valence-corrected chi connectivity index (χ4v) is 1.36. The molecule has 2 aromatic rings. The molecule has 0 amide bonds. The number of ketones is 1. The number of Topliss-reactive ketones (excluding diaryl/α,β-unsaturated/α-hetero) is 1. The van der Waals surface area contributed by atoms with Gasteiger partial charge in [0.1, 0.15) is 6.42 Å². The maximum atomic E-state index is 11.4. The lowest BCUT2D eigenvalue weighted by molar-refractivity contribution is -0.135. The summed E-state index contributed by atoms with van der Waals surface area (Å²) in [6.07, 6.45) is 1.11. The fourth-order valence-electron chi connectivity index (χ4n) is 1.36. The third-order valence-corrected chi connectivity index (χ3v) is 2.07. The van der Waals surface area contributed by atoms with Crippen LogP contribution in [0.1, 0.15) is 16.8 Å². The molecule has 0 saturated heterocycles. The molecule has 0 unspecified atom stereocenters. The van der Waals surface area contributed by atoms with E-state index in [1.807, 2.05) is 0 Å². The number of hydrogen-bond acceptors (Lipinski definition) is 3. The summed E-state index contributed by atoms with van der Waals surface area (Å²) in [6.45, 7) is 0. The van der Waals surface area contributed by atoms with Crippen molar-refractivity contribution in [2.45, 2.75) is 6.42 Å². The molecule has 0 bridgehead atoms. The highest BCUT2D eigenvalue weighted by atomic mass is 16.4. The van der Waals surface area contributed by atoms with Crippen molar-refractivity contribution in [2.24, 2.45) is 0 Å². The first-order chi connectivity index (χ1) is 7.16. The third-order valence-electron chi connectivity index (χ3n) is 2.07. The Bertz CT molecular complexity index is 530. The molecule has 1 heterocycles. The Labute approximate surface area is 84.7 Å². The number of hydrogen-bond donors (Lipinski definition) is 2. The summed E-state index contributed by atoms with van der Waals surface area (Å²) >= 11 is 0. The maximum Gasteiger partial charge on any atom is 0.311 e. The van der Waals surface area contributed by atoms with Crippen molar-refractivity contribution in [3.63, 3.8) is 0 Å². The van der Waals surface area contributed by atoms with Gasteiger partial charge in [-0.3, -0.25) is 14.7 Å². The maximum absolute atomic E-state index is 11.4. The van der Waals surface area contributed by atoms with Crippen LogP contribution in [0.3, 0.4) is 0 Å². The highest BCUT2D eigenvalue weighted by Gasteiger charge is 2.11. The standard InChI is InChI=1S/C10H8N2O3/c13-9(4-10(14)15)6-1-2-8-7(3-6)5-11-12-8/h1-3,5H,4H2,(H,11,12)(H,14,15). The molecule has 0 spiro atoms. The van der Waals surface area contributed by atoms with Crippen LogP contribution >= 0.6 is 0 Å². The summed E-state index contributed by atoms with van der Waals surface area (Å²) in [5.41, 5.74) is 1.22. The minimum absolute atomic E-state index is 0.395. The van der Waals surface area contributed by atoms with Crippen molar-refractivity contribution in [1.29, 1.82) is 0 Å². The monoisotopic (exact) mass is 204 g/mol. The molecule has 0 saturated carbocycles. The Morgan fingerprint density at radius 3 is 2.93 bits per heavy atom. The number of H-pyrrole nitrogens is 1. The fraction of sp³-hybridized carbons (Fsp3) is 0.100. The van der Waals surface area contributed by atoms with Gasteiger partial charge in [-0.05, 0) is 18.2 Å². The summed E-state index contributed by atoms with van der Waals surface area (Å²) in [5, 5.41) is 15.8. The van der Waals surface area contributed by atoms with Gasteiger partial charge in [0, 0.05) is 10.9 Å². The Balaban J connectivity index is 2.35. The lowest BCUT2D eigenvalue weighted by Crippen LogP contribution is -2.06. The highest BCUT2D eigenvalue weighted by molar-refractivity contribution is 6.07. The van der Waals surface area contributed by atoms with E-state index in [4.69, 9.17) is 5.11 Å². The number of fused-ring (bicyclic) bond motifs is 1. The summed E-state index contributed by atoms with van der Waals surface area (Å²) < 4.78 is 0. The molecule has 0 aliphatic heterocycles. The van der Waals surface area contributed by atoms with Crippen molar-refractivity contribution in [2.75, 3.05) is 0 Å². The molecule has 1 aromatic carbocycles. The molecule has 0 atom stereocenters. The molecule has 0 fully saturated rings. The molecule has 15 heavy (non-hydrogen) atoms. The van der Waals surface area contributed by atoms with Gasteiger partial charge in [0.2, 0.25) is 0 Å². The van der Waals surface area contributed by atoms with E-state index in [0.29, 0.717) is 5.56 Å². The summed E-state index contributed by atoms with van der Waals surface area (Å²) in [4.78, 5) is 21.8. The molecule has 5 nitrogen and oxygen atoms in total. The number of carboxylic acid groups (broad SMARTS) is 1. The first-order valence-electron chi connectivity index (χ1n) is 4.35. The van der Waals surface area contributed by atoms with Crippen LogP contribution in [0.2, 0.25) is 0 Å². The van der Waals surface area contributed by atoms with Gasteiger partial charge in [0.15, 0.2) is 5.78 Å². The zero-order chi connectivity index (χ0) is 10.8. The topological polar surface area (TPSA) is 83.0 Å². The van der Waals surface area contributed by atoms with Gasteiger partial charge in [0.25, 0.3) is 0 Å². The average molecular weight is 204 g/mol. The van der Waals surface area contributed by atoms with Crippen LogP contribution in [0.25, 0.3) is 10.9 Å². The lowest BCUT2D eigenvalue weighted by atomic mass is 10.1. The first-order valence-corrected chi connectivity index (χ1v) is 4.35. The number of benzene rings is 1. The summed E-state index contributed by atoms with van der Waals surface area (Å²) in [5.74, 6) is -1.52. The van der Waals surface area contributed by atoms with Crippen LogP contribution in [0.5, 0.6) is 0 Å². The van der Waals surface area contributed by atoms with E-state index in [9.17, 15) is 9.59 Å². The minimum Gasteiger partial charge on any atom is -0.481 e. The number of carbonyl (C=O) groups is 2. The van der Waals surface area contributed by atoms with E-state index in [0.717, 1.165) is 10.9 Å². The number of carboxylic acids is 1. The Kier molecular flexibility index (Phi) is 2.21. The van der Waals surface area contributed by atoms with E-state index in [2.05, 4.69) is 10.2 Å². The van der Waals surface area contributed by atoms with E-state index in [1.165, 1.54) is 0 Å². The van der Waals surface area contributed by atoms with Gasteiger partial charge in [-0.15, -0.1) is 0 Å². The highest BCUT2D eigenvalue weighted by Crippen LogP contribution is 2.14. The molecule has 1 aromatic heterocycles. The molecule has 76 valence electrons. The van der Waals surface area contributed by atoms with Crippen molar-refractivity contribution in [3.8, 4) is 0 Å². The number of nitrogens with zero attached hydrogens (tertiary/aromatic N) is 1. The van der Waals surface area contributed by atoms with Crippen molar-refractivity contribution < 1.29 is 14.7 Å². The number of nitrogens with one attached hydrogen (secondary N) is 1. The van der Waals surface area contributed by atoms with Gasteiger partial charge >= 0.3 is 5.97 Å². The second-order valence-electron chi connectivity index (χ2n) is 3.17. The molecule has 2 rings (SSSR count). The number of aromatic amines is 1. The minimum atomic E-state index is -1.12. The zero-order valence-electron chi connectivity index (χ0n) is 7.73. The second-order valence-corrected chi connectivity index (χ2v) is 3.17. The van der Waals surface area contributed by atoms with Crippen LogP contribution in [0.15, 0.2) is 24.4 Å². The molecule has 5 heteroatoms. The van der Waals surface area contributed by atoms with Crippen molar-refractivity contribution in [3.05, 3.63) is 30.0 Å². The van der Waals surface area contributed by atoms with Gasteiger partial charge in [-0.2, -0.15) is 5.10 Å². The van der Waals surface area contributed by atoms with Crippen LogP contribution in [-0.4, -0.2) is 27.1 Å². The van der Waals surface area contributed by atoms with Gasteiger partial charge in [-0.1, -0.05) is 0 Å². The molecule has 2 N–H and O–H groups in total. The normalized spacial score (nSPS) is 10.4. The van der Waals surface area contributed by atoms with E-state index in [1.54, 1.807) is 24.4 Å². The number of aromatic nitrogens is 2. The largest absolute Gasteiger partial charge is 0.481 e. The van der Waals surface area contributed by atoms with Crippen LogP contribution < -0.4 is 0 Å². The molecular weight excluding hydrogens is 196 g/mol. The molecule has 0 aliphatic rings. The van der Waals surface area contributed by atoms with E-state index in [-0.39, 0.29) is 0 Å². The van der Waals surface area contributed by atoms with Gasteiger partial charge in [-0.25, -0.2) is 0 Å². The molecule has 0 radical (unpaired) electrons. The predicted octanol–water partition coefficient (Wildman–Crippen LogP) is 1.22. The average Bonchev–Trinajstić information content (AvgIpc) is 2.62. The van der Waals surface area contributed by atoms with Gasteiger partial charge in [0.05, 0.1) is 11.7 Å². The first kappa shape index (κ1) is 9.39. The van der Waals surface area contributed by atoms with Gasteiger partial charge < -0.3 is 5.11 Å². The Hall–Kier alpha value is -2.17. The summed E-state index contributed by atoms with van der Waals surface area (Å²) in [6, 6.07) is 4.92. The zero-order valence-corrected chi connectivity index (χ0v) is 7.73. The third kappa shape index (κ3) is 1.85. The number of aliphatic carboxylic acids is 1. The molecule has 0 aliphatic carbocycles. The molecular formula is C10H8N2O3. The smallest absolute Gasteiger partial charge is 0.311 e. The Morgan fingerprint density at radius 1 is 1.40 bits per heavy atom. The SMILES string of the molecule is O=C(O)CC(=O)c1ccc2[nH]ncc2c1. The van der Waals surface area contributed by atoms with E-state index >= 15 is 0 Å².